The van der Waals surface area contributed by atoms with E-state index in [4.69, 9.17) is 4.74 Å². The van der Waals surface area contributed by atoms with Crippen LogP contribution in [0.4, 0.5) is 0 Å². The van der Waals surface area contributed by atoms with Crippen molar-refractivity contribution in [3.63, 3.8) is 0 Å². The molecule has 118 valence electrons. The van der Waals surface area contributed by atoms with E-state index in [-0.39, 0.29) is 6.04 Å². The Morgan fingerprint density at radius 1 is 1.29 bits per heavy atom. The summed E-state index contributed by atoms with van der Waals surface area (Å²) in [7, 11) is -1.92. The molecule has 0 aliphatic carbocycles. The fraction of sp³-hybridized carbons (Fsp3) is 0.600. The van der Waals surface area contributed by atoms with Gasteiger partial charge >= 0.3 is 0 Å². The van der Waals surface area contributed by atoms with Crippen LogP contribution in [0.3, 0.4) is 0 Å². The first-order valence-corrected chi connectivity index (χ1v) is 8.72. The maximum Gasteiger partial charge on any atom is 0.241 e. The molecule has 1 heterocycles. The Hall–Kier alpha value is -1.11. The molecule has 2 rings (SSSR count). The standard InChI is InChI=1S/C15H24N2O3S/c1-10-7-14(20-4)8-11(2)15(10)21(18,19)17-13-5-6-16-12(3)9-13/h7-8,12-13,16-17H,5-6,9H2,1-4H3. The minimum Gasteiger partial charge on any atom is -0.497 e. The Bertz CT molecular complexity index is 590. The van der Waals surface area contributed by atoms with Gasteiger partial charge in [-0.2, -0.15) is 0 Å². The third-order valence-corrected chi connectivity index (χ3v) is 5.71. The third kappa shape index (κ3) is 3.75. The van der Waals surface area contributed by atoms with Crippen molar-refractivity contribution in [3.8, 4) is 5.75 Å². The summed E-state index contributed by atoms with van der Waals surface area (Å²) in [5, 5.41) is 3.32. The van der Waals surface area contributed by atoms with Gasteiger partial charge in [0, 0.05) is 12.1 Å². The number of sulfonamides is 1. The summed E-state index contributed by atoms with van der Waals surface area (Å²) in [6.07, 6.45) is 1.63. The molecular formula is C15H24N2O3S. The molecule has 2 atom stereocenters. The van der Waals surface area contributed by atoms with Gasteiger partial charge in [0.2, 0.25) is 10.0 Å². The van der Waals surface area contributed by atoms with E-state index in [1.54, 1.807) is 33.1 Å². The first kappa shape index (κ1) is 16.3. The molecule has 2 unspecified atom stereocenters. The number of methoxy groups -OCH3 is 1. The van der Waals surface area contributed by atoms with Crippen LogP contribution in [0.25, 0.3) is 0 Å². The molecule has 1 saturated heterocycles. The summed E-state index contributed by atoms with van der Waals surface area (Å²) in [6.45, 7) is 6.52. The normalized spacial score (nSPS) is 23.0. The molecule has 1 aliphatic rings. The van der Waals surface area contributed by atoms with Gasteiger partial charge in [-0.3, -0.25) is 0 Å². The summed E-state index contributed by atoms with van der Waals surface area (Å²) < 4.78 is 33.4. The minimum absolute atomic E-state index is 0.00727. The van der Waals surface area contributed by atoms with Gasteiger partial charge < -0.3 is 10.1 Å². The number of hydrogen-bond acceptors (Lipinski definition) is 4. The van der Waals surface area contributed by atoms with Gasteiger partial charge in [0.05, 0.1) is 12.0 Å². The summed E-state index contributed by atoms with van der Waals surface area (Å²) in [5.41, 5.74) is 1.42. The van der Waals surface area contributed by atoms with Crippen molar-refractivity contribution >= 4 is 10.0 Å². The molecule has 21 heavy (non-hydrogen) atoms. The number of aryl methyl sites for hydroxylation is 2. The first-order valence-electron chi connectivity index (χ1n) is 7.24. The largest absolute Gasteiger partial charge is 0.497 e. The number of nitrogens with one attached hydrogen (secondary N) is 2. The van der Waals surface area contributed by atoms with Crippen molar-refractivity contribution in [2.75, 3.05) is 13.7 Å². The molecule has 0 amide bonds. The van der Waals surface area contributed by atoms with Crippen LogP contribution in [-0.2, 0) is 10.0 Å². The maximum absolute atomic E-state index is 12.7. The van der Waals surface area contributed by atoms with E-state index in [9.17, 15) is 8.42 Å². The maximum atomic E-state index is 12.7. The van der Waals surface area contributed by atoms with E-state index in [0.29, 0.717) is 27.8 Å². The van der Waals surface area contributed by atoms with E-state index in [1.807, 2.05) is 0 Å². The van der Waals surface area contributed by atoms with Crippen LogP contribution in [0.5, 0.6) is 5.75 Å². The molecular weight excluding hydrogens is 288 g/mol. The lowest BCUT2D eigenvalue weighted by atomic mass is 10.0. The average molecular weight is 312 g/mol. The van der Waals surface area contributed by atoms with Gasteiger partial charge in [0.1, 0.15) is 5.75 Å². The molecule has 0 aromatic heterocycles. The summed E-state index contributed by atoms with van der Waals surface area (Å²) in [5.74, 6) is 0.680. The van der Waals surface area contributed by atoms with Gasteiger partial charge in [-0.25, -0.2) is 13.1 Å². The van der Waals surface area contributed by atoms with Crippen LogP contribution in [0.2, 0.25) is 0 Å². The second-order valence-corrected chi connectivity index (χ2v) is 7.44. The Kier molecular flexibility index (Phi) is 4.91. The monoisotopic (exact) mass is 312 g/mol. The van der Waals surface area contributed by atoms with E-state index >= 15 is 0 Å². The predicted molar refractivity (Wildman–Crippen MR) is 83.3 cm³/mol. The van der Waals surface area contributed by atoms with Crippen LogP contribution >= 0.6 is 0 Å². The zero-order valence-electron chi connectivity index (χ0n) is 13.1. The SMILES string of the molecule is COc1cc(C)c(S(=O)(=O)NC2CCNC(C)C2)c(C)c1. The molecule has 6 heteroatoms. The molecule has 0 radical (unpaired) electrons. The molecule has 1 fully saturated rings. The number of hydrogen-bond donors (Lipinski definition) is 2. The zero-order valence-corrected chi connectivity index (χ0v) is 13.9. The van der Waals surface area contributed by atoms with Crippen LogP contribution in [0.15, 0.2) is 17.0 Å². The number of ether oxygens (including phenoxy) is 1. The molecule has 0 spiro atoms. The third-order valence-electron chi connectivity index (χ3n) is 3.88. The highest BCUT2D eigenvalue weighted by atomic mass is 32.2. The predicted octanol–water partition coefficient (Wildman–Crippen LogP) is 1.73. The van der Waals surface area contributed by atoms with Crippen molar-refractivity contribution in [2.45, 2.75) is 50.6 Å². The van der Waals surface area contributed by atoms with E-state index in [1.165, 1.54) is 0 Å². The van der Waals surface area contributed by atoms with Crippen LogP contribution in [0.1, 0.15) is 30.9 Å². The van der Waals surface area contributed by atoms with Gasteiger partial charge in [-0.15, -0.1) is 0 Å². The Balaban J connectivity index is 2.27. The highest BCUT2D eigenvalue weighted by molar-refractivity contribution is 7.89. The average Bonchev–Trinajstić information content (AvgIpc) is 2.36. The lowest BCUT2D eigenvalue weighted by molar-refractivity contribution is 0.361. The van der Waals surface area contributed by atoms with E-state index < -0.39 is 10.0 Å². The topological polar surface area (TPSA) is 67.4 Å². The van der Waals surface area contributed by atoms with Crippen molar-refractivity contribution in [1.82, 2.24) is 10.0 Å². The second kappa shape index (κ2) is 6.34. The summed E-state index contributed by atoms with van der Waals surface area (Å²) in [4.78, 5) is 0.370. The fourth-order valence-corrected chi connectivity index (χ4v) is 4.71. The van der Waals surface area contributed by atoms with Crippen LogP contribution < -0.4 is 14.8 Å². The minimum atomic E-state index is -3.50. The van der Waals surface area contributed by atoms with Gasteiger partial charge in [-0.1, -0.05) is 0 Å². The first-order chi connectivity index (χ1) is 9.83. The molecule has 1 aromatic carbocycles. The molecule has 5 nitrogen and oxygen atoms in total. The smallest absolute Gasteiger partial charge is 0.241 e. The fourth-order valence-electron chi connectivity index (χ4n) is 2.97. The molecule has 1 aromatic rings. The Morgan fingerprint density at radius 3 is 2.43 bits per heavy atom. The summed E-state index contributed by atoms with van der Waals surface area (Å²) in [6, 6.07) is 3.84. The number of benzene rings is 1. The van der Waals surface area contributed by atoms with Crippen LogP contribution in [-0.4, -0.2) is 34.2 Å². The molecule has 0 bridgehead atoms. The lowest BCUT2D eigenvalue weighted by Crippen LogP contribution is -2.46. The van der Waals surface area contributed by atoms with E-state index in [0.717, 1.165) is 19.4 Å². The Labute approximate surface area is 127 Å². The van der Waals surface area contributed by atoms with Crippen molar-refractivity contribution in [2.24, 2.45) is 0 Å². The van der Waals surface area contributed by atoms with E-state index in [2.05, 4.69) is 17.0 Å². The zero-order chi connectivity index (χ0) is 15.6. The highest BCUT2D eigenvalue weighted by Crippen LogP contribution is 2.26. The Morgan fingerprint density at radius 2 is 1.90 bits per heavy atom. The highest BCUT2D eigenvalue weighted by Gasteiger charge is 2.26. The number of piperidine rings is 1. The molecule has 0 saturated carbocycles. The van der Waals surface area contributed by atoms with Gasteiger partial charge in [0.15, 0.2) is 0 Å². The van der Waals surface area contributed by atoms with Gasteiger partial charge in [-0.05, 0) is 63.4 Å². The van der Waals surface area contributed by atoms with Crippen molar-refractivity contribution in [1.29, 1.82) is 0 Å². The molecule has 2 N–H and O–H groups in total. The van der Waals surface area contributed by atoms with Crippen LogP contribution in [0, 0.1) is 13.8 Å². The molecule has 1 aliphatic heterocycles. The lowest BCUT2D eigenvalue weighted by Gasteiger charge is -2.29. The van der Waals surface area contributed by atoms with Crippen molar-refractivity contribution < 1.29 is 13.2 Å². The van der Waals surface area contributed by atoms with Gasteiger partial charge in [0.25, 0.3) is 0 Å². The second-order valence-electron chi connectivity index (χ2n) is 5.79. The van der Waals surface area contributed by atoms with Crippen molar-refractivity contribution in [3.05, 3.63) is 23.3 Å². The quantitative estimate of drug-likeness (QED) is 0.888. The number of rotatable bonds is 4. The summed E-state index contributed by atoms with van der Waals surface area (Å²) >= 11 is 0.